The Bertz CT molecular complexity index is 397. The lowest BCUT2D eigenvalue weighted by molar-refractivity contribution is -0.139. The Labute approximate surface area is 104 Å². The van der Waals surface area contributed by atoms with Crippen LogP contribution in [0.3, 0.4) is 0 Å². The highest BCUT2D eigenvalue weighted by Crippen LogP contribution is 2.27. The average molecular weight is 260 g/mol. The smallest absolute Gasteiger partial charge is 0.328 e. The number of benzene rings is 1. The molecule has 0 saturated carbocycles. The highest BCUT2D eigenvalue weighted by molar-refractivity contribution is 6.33. The Kier molecular flexibility index (Phi) is 5.06. The molecule has 0 spiro atoms. The van der Waals surface area contributed by atoms with Gasteiger partial charge in [-0.1, -0.05) is 11.6 Å². The predicted molar refractivity (Wildman–Crippen MR) is 64.9 cm³/mol. The Hall–Kier alpha value is -1.46. The second kappa shape index (κ2) is 6.32. The molecular formula is C11H14ClNO4. The van der Waals surface area contributed by atoms with Crippen LogP contribution in [0.2, 0.25) is 5.02 Å². The van der Waals surface area contributed by atoms with Crippen LogP contribution in [0.4, 0.5) is 5.69 Å². The Morgan fingerprint density at radius 1 is 1.53 bits per heavy atom. The van der Waals surface area contributed by atoms with E-state index in [1.165, 1.54) is 14.2 Å². The molecule has 0 aliphatic heterocycles. The van der Waals surface area contributed by atoms with E-state index < -0.39 is 12.0 Å². The number of ether oxygens (including phenoxy) is 2. The summed E-state index contributed by atoms with van der Waals surface area (Å²) in [4.78, 5) is 10.9. The number of hydrogen-bond acceptors (Lipinski definition) is 4. The number of methoxy groups -OCH3 is 2. The fraction of sp³-hybridized carbons (Fsp3) is 0.364. The zero-order valence-electron chi connectivity index (χ0n) is 9.57. The van der Waals surface area contributed by atoms with Crippen molar-refractivity contribution >= 4 is 23.3 Å². The molecule has 94 valence electrons. The minimum atomic E-state index is -1.01. The molecule has 5 nitrogen and oxygen atoms in total. The molecule has 0 aliphatic carbocycles. The lowest BCUT2D eigenvalue weighted by atomic mass is 10.2. The van der Waals surface area contributed by atoms with Crippen molar-refractivity contribution < 1.29 is 19.4 Å². The summed E-state index contributed by atoms with van der Waals surface area (Å²) in [5, 5.41) is 12.2. The van der Waals surface area contributed by atoms with Gasteiger partial charge in [-0.3, -0.25) is 0 Å². The van der Waals surface area contributed by atoms with Crippen molar-refractivity contribution in [3.05, 3.63) is 23.2 Å². The first-order valence-electron chi connectivity index (χ1n) is 4.90. The summed E-state index contributed by atoms with van der Waals surface area (Å²) in [6.45, 7) is 0.0445. The molecule has 1 aromatic rings. The van der Waals surface area contributed by atoms with E-state index >= 15 is 0 Å². The van der Waals surface area contributed by atoms with E-state index in [1.54, 1.807) is 18.2 Å². The van der Waals surface area contributed by atoms with Gasteiger partial charge in [0.2, 0.25) is 0 Å². The zero-order chi connectivity index (χ0) is 12.8. The number of anilines is 1. The van der Waals surface area contributed by atoms with Crippen molar-refractivity contribution in [1.82, 2.24) is 0 Å². The van der Waals surface area contributed by atoms with E-state index in [9.17, 15) is 4.79 Å². The van der Waals surface area contributed by atoms with Crippen molar-refractivity contribution in [1.29, 1.82) is 0 Å². The highest BCUT2D eigenvalue weighted by Gasteiger charge is 2.18. The molecule has 0 heterocycles. The SMILES string of the molecule is COCC(Nc1cc(OC)ccc1Cl)C(=O)O. The third kappa shape index (κ3) is 3.80. The van der Waals surface area contributed by atoms with Gasteiger partial charge in [-0.2, -0.15) is 0 Å². The van der Waals surface area contributed by atoms with Gasteiger partial charge in [-0.25, -0.2) is 4.79 Å². The molecule has 0 aromatic heterocycles. The van der Waals surface area contributed by atoms with Gasteiger partial charge in [-0.05, 0) is 12.1 Å². The standard InChI is InChI=1S/C11H14ClNO4/c1-16-6-10(11(14)15)13-9-5-7(17-2)3-4-8(9)12/h3-5,10,13H,6H2,1-2H3,(H,14,15). The normalized spacial score (nSPS) is 11.9. The van der Waals surface area contributed by atoms with Crippen LogP contribution in [0.5, 0.6) is 5.75 Å². The van der Waals surface area contributed by atoms with E-state index in [4.69, 9.17) is 26.2 Å². The van der Waals surface area contributed by atoms with E-state index in [0.717, 1.165) is 0 Å². The molecule has 0 amide bonds. The summed E-state index contributed by atoms with van der Waals surface area (Å²) in [6.07, 6.45) is 0. The number of carbonyl (C=O) groups is 1. The molecule has 0 fully saturated rings. The van der Waals surface area contributed by atoms with Crippen LogP contribution in [0.15, 0.2) is 18.2 Å². The predicted octanol–water partition coefficient (Wildman–Crippen LogP) is 1.86. The topological polar surface area (TPSA) is 67.8 Å². The molecule has 17 heavy (non-hydrogen) atoms. The van der Waals surface area contributed by atoms with Crippen LogP contribution in [-0.2, 0) is 9.53 Å². The maximum absolute atomic E-state index is 10.9. The van der Waals surface area contributed by atoms with Gasteiger partial charge in [0.25, 0.3) is 0 Å². The molecule has 0 radical (unpaired) electrons. The summed E-state index contributed by atoms with van der Waals surface area (Å²) in [7, 11) is 2.96. The van der Waals surface area contributed by atoms with Gasteiger partial charge in [0.1, 0.15) is 11.8 Å². The average Bonchev–Trinajstić information content (AvgIpc) is 2.31. The zero-order valence-corrected chi connectivity index (χ0v) is 10.3. The number of halogens is 1. The molecule has 1 rings (SSSR count). The number of carboxylic acids is 1. The lowest BCUT2D eigenvalue weighted by Crippen LogP contribution is -2.33. The number of nitrogens with one attached hydrogen (secondary N) is 1. The van der Waals surface area contributed by atoms with Crippen LogP contribution >= 0.6 is 11.6 Å². The number of rotatable bonds is 6. The monoisotopic (exact) mass is 259 g/mol. The number of hydrogen-bond donors (Lipinski definition) is 2. The third-order valence-electron chi connectivity index (χ3n) is 2.13. The first-order valence-corrected chi connectivity index (χ1v) is 5.28. The van der Waals surface area contributed by atoms with Crippen molar-refractivity contribution in [3.63, 3.8) is 0 Å². The molecule has 1 atom stereocenters. The van der Waals surface area contributed by atoms with E-state index in [-0.39, 0.29) is 6.61 Å². The molecule has 2 N–H and O–H groups in total. The Balaban J connectivity index is 2.87. The second-order valence-corrected chi connectivity index (χ2v) is 3.74. The summed E-state index contributed by atoms with van der Waals surface area (Å²) in [6, 6.07) is 4.10. The summed E-state index contributed by atoms with van der Waals surface area (Å²) in [5.41, 5.74) is 0.496. The van der Waals surface area contributed by atoms with Gasteiger partial charge in [0.15, 0.2) is 0 Å². The molecule has 6 heteroatoms. The third-order valence-corrected chi connectivity index (χ3v) is 2.46. The number of aliphatic carboxylic acids is 1. The minimum absolute atomic E-state index is 0.0445. The van der Waals surface area contributed by atoms with Gasteiger partial charge in [-0.15, -0.1) is 0 Å². The fourth-order valence-corrected chi connectivity index (χ4v) is 1.44. The molecule has 1 unspecified atom stereocenters. The second-order valence-electron chi connectivity index (χ2n) is 3.34. The fourth-order valence-electron chi connectivity index (χ4n) is 1.27. The Morgan fingerprint density at radius 2 is 2.24 bits per heavy atom. The van der Waals surface area contributed by atoms with Crippen LogP contribution < -0.4 is 10.1 Å². The van der Waals surface area contributed by atoms with Crippen LogP contribution in [0.25, 0.3) is 0 Å². The van der Waals surface area contributed by atoms with Crippen molar-refractivity contribution in [2.24, 2.45) is 0 Å². The van der Waals surface area contributed by atoms with E-state index in [2.05, 4.69) is 5.32 Å². The van der Waals surface area contributed by atoms with E-state index in [1.807, 2.05) is 0 Å². The summed E-state index contributed by atoms with van der Waals surface area (Å²) in [5.74, 6) is -0.413. The van der Waals surface area contributed by atoms with Crippen LogP contribution in [0, 0.1) is 0 Å². The van der Waals surface area contributed by atoms with Crippen LogP contribution in [-0.4, -0.2) is 37.9 Å². The highest BCUT2D eigenvalue weighted by atomic mass is 35.5. The molecule has 0 bridgehead atoms. The maximum atomic E-state index is 10.9. The summed E-state index contributed by atoms with van der Waals surface area (Å²) >= 11 is 5.95. The molecule has 0 aliphatic rings. The first-order chi connectivity index (χ1) is 8.08. The number of carboxylic acid groups (broad SMARTS) is 1. The molecule has 0 saturated heterocycles. The maximum Gasteiger partial charge on any atom is 0.328 e. The lowest BCUT2D eigenvalue weighted by Gasteiger charge is -2.16. The summed E-state index contributed by atoms with van der Waals surface area (Å²) < 4.78 is 9.85. The van der Waals surface area contributed by atoms with Crippen molar-refractivity contribution in [2.45, 2.75) is 6.04 Å². The largest absolute Gasteiger partial charge is 0.497 e. The quantitative estimate of drug-likeness (QED) is 0.816. The van der Waals surface area contributed by atoms with Gasteiger partial charge in [0, 0.05) is 13.2 Å². The molecule has 1 aromatic carbocycles. The van der Waals surface area contributed by atoms with Gasteiger partial charge in [0.05, 0.1) is 24.4 Å². The minimum Gasteiger partial charge on any atom is -0.497 e. The van der Waals surface area contributed by atoms with E-state index in [0.29, 0.717) is 16.5 Å². The van der Waals surface area contributed by atoms with Gasteiger partial charge < -0.3 is 19.9 Å². The van der Waals surface area contributed by atoms with Crippen molar-refractivity contribution in [2.75, 3.05) is 26.1 Å². The molecular weight excluding hydrogens is 246 g/mol. The van der Waals surface area contributed by atoms with Crippen LogP contribution in [0.1, 0.15) is 0 Å². The Morgan fingerprint density at radius 3 is 2.76 bits per heavy atom. The van der Waals surface area contributed by atoms with Crippen molar-refractivity contribution in [3.8, 4) is 5.75 Å². The first kappa shape index (κ1) is 13.6. The van der Waals surface area contributed by atoms with Gasteiger partial charge >= 0.3 is 5.97 Å².